The minimum Gasteiger partial charge on any atom is -0.339 e. The van der Waals surface area contributed by atoms with Gasteiger partial charge in [-0.3, -0.25) is 9.59 Å². The molecular formula is C21H24F6N6O2. The number of aromatic amines is 1. The number of piperazine rings is 1. The molecule has 35 heavy (non-hydrogen) atoms. The first-order chi connectivity index (χ1) is 16.4. The van der Waals surface area contributed by atoms with Gasteiger partial charge in [0.25, 0.3) is 5.56 Å². The first-order valence-electron chi connectivity index (χ1n) is 11.0. The zero-order chi connectivity index (χ0) is 25.8. The summed E-state index contributed by atoms with van der Waals surface area (Å²) < 4.78 is 74.7. The van der Waals surface area contributed by atoms with Crippen LogP contribution in [-0.2, 0) is 30.0 Å². The molecule has 2 aromatic rings. The number of carbonyl (C=O) groups is 1. The summed E-state index contributed by atoms with van der Waals surface area (Å²) in [5.41, 5.74) is -2.63. The van der Waals surface area contributed by atoms with Crippen molar-refractivity contribution in [3.8, 4) is 0 Å². The maximum atomic E-state index is 12.5. The molecule has 4 rings (SSSR count). The van der Waals surface area contributed by atoms with Crippen LogP contribution in [0, 0.1) is 0 Å². The van der Waals surface area contributed by atoms with E-state index in [0.717, 1.165) is 18.8 Å². The van der Waals surface area contributed by atoms with Gasteiger partial charge in [0, 0.05) is 45.0 Å². The fourth-order valence-electron chi connectivity index (χ4n) is 3.89. The van der Waals surface area contributed by atoms with E-state index < -0.39 is 29.0 Å². The van der Waals surface area contributed by atoms with Crippen molar-refractivity contribution in [3.63, 3.8) is 0 Å². The second-order valence-electron chi connectivity index (χ2n) is 8.09. The molecule has 0 aromatic carbocycles. The zero-order valence-electron chi connectivity index (χ0n) is 18.8. The minimum atomic E-state index is -4.58. The SMILES string of the molecule is CCCC(=O)N1CCN(c2ncc(C(F)(F)F)cn2)CC1.O=c1[nH]nc2c(c1C(F)(F)F)CCC2. The summed E-state index contributed by atoms with van der Waals surface area (Å²) in [4.78, 5) is 33.8. The monoisotopic (exact) mass is 506 g/mol. The summed E-state index contributed by atoms with van der Waals surface area (Å²) in [5, 5.41) is 5.48. The van der Waals surface area contributed by atoms with Crippen molar-refractivity contribution in [2.45, 2.75) is 51.4 Å². The highest BCUT2D eigenvalue weighted by Gasteiger charge is 2.39. The maximum Gasteiger partial charge on any atom is 0.422 e. The van der Waals surface area contributed by atoms with Crippen LogP contribution in [0.25, 0.3) is 0 Å². The van der Waals surface area contributed by atoms with Gasteiger partial charge >= 0.3 is 12.4 Å². The fraction of sp³-hybridized carbons (Fsp3) is 0.571. The predicted molar refractivity (Wildman–Crippen MR) is 113 cm³/mol. The number of rotatable bonds is 3. The average molecular weight is 506 g/mol. The lowest BCUT2D eigenvalue weighted by atomic mass is 10.1. The van der Waals surface area contributed by atoms with Crippen molar-refractivity contribution in [1.82, 2.24) is 25.1 Å². The number of anilines is 1. The smallest absolute Gasteiger partial charge is 0.339 e. The topological polar surface area (TPSA) is 95.1 Å². The van der Waals surface area contributed by atoms with Crippen LogP contribution in [0.4, 0.5) is 32.3 Å². The quantitative estimate of drug-likeness (QED) is 0.643. The lowest BCUT2D eigenvalue weighted by Gasteiger charge is -2.34. The number of halogens is 6. The molecular weight excluding hydrogens is 482 g/mol. The summed E-state index contributed by atoms with van der Waals surface area (Å²) >= 11 is 0. The molecule has 2 aromatic heterocycles. The Labute approximate surface area is 196 Å². The van der Waals surface area contributed by atoms with Crippen LogP contribution in [0.5, 0.6) is 0 Å². The summed E-state index contributed by atoms with van der Waals surface area (Å²) in [6, 6.07) is 0. The van der Waals surface area contributed by atoms with Gasteiger partial charge in [-0.1, -0.05) is 6.92 Å². The Balaban J connectivity index is 0.000000211. The molecule has 1 aliphatic heterocycles. The highest BCUT2D eigenvalue weighted by Crippen LogP contribution is 2.33. The van der Waals surface area contributed by atoms with Crippen molar-refractivity contribution < 1.29 is 31.1 Å². The van der Waals surface area contributed by atoms with E-state index >= 15 is 0 Å². The molecule has 0 bridgehead atoms. The van der Waals surface area contributed by atoms with Gasteiger partial charge in [-0.2, -0.15) is 31.4 Å². The number of aryl methyl sites for hydroxylation is 1. The maximum absolute atomic E-state index is 12.5. The van der Waals surface area contributed by atoms with E-state index in [9.17, 15) is 35.9 Å². The van der Waals surface area contributed by atoms with E-state index in [1.54, 1.807) is 9.80 Å². The van der Waals surface area contributed by atoms with Crippen molar-refractivity contribution in [3.05, 3.63) is 45.1 Å². The van der Waals surface area contributed by atoms with Gasteiger partial charge in [-0.15, -0.1) is 0 Å². The second-order valence-corrected chi connectivity index (χ2v) is 8.09. The number of nitrogens with zero attached hydrogens (tertiary/aromatic N) is 5. The van der Waals surface area contributed by atoms with Gasteiger partial charge in [-0.05, 0) is 31.2 Å². The van der Waals surface area contributed by atoms with Gasteiger partial charge in [-0.25, -0.2) is 15.1 Å². The Hall–Kier alpha value is -3.19. The molecule has 3 heterocycles. The summed E-state index contributed by atoms with van der Waals surface area (Å²) in [6.45, 7) is 4.10. The molecule has 192 valence electrons. The predicted octanol–water partition coefficient (Wildman–Crippen LogP) is 3.22. The van der Waals surface area contributed by atoms with Crippen LogP contribution >= 0.6 is 0 Å². The molecule has 0 radical (unpaired) electrons. The van der Waals surface area contributed by atoms with E-state index in [-0.39, 0.29) is 17.4 Å². The molecule has 1 N–H and O–H groups in total. The lowest BCUT2D eigenvalue weighted by molar-refractivity contribution is -0.139. The first kappa shape index (κ1) is 26.4. The van der Waals surface area contributed by atoms with Crippen molar-refractivity contribution >= 4 is 11.9 Å². The molecule has 1 fully saturated rings. The number of hydrogen-bond donors (Lipinski definition) is 1. The highest BCUT2D eigenvalue weighted by molar-refractivity contribution is 5.76. The van der Waals surface area contributed by atoms with Gasteiger partial charge in [0.05, 0.1) is 11.3 Å². The third kappa shape index (κ3) is 6.48. The number of H-pyrrole nitrogens is 1. The molecule has 1 saturated heterocycles. The van der Waals surface area contributed by atoms with E-state index in [0.29, 0.717) is 57.6 Å². The Bertz CT molecular complexity index is 1080. The van der Waals surface area contributed by atoms with Crippen molar-refractivity contribution in [1.29, 1.82) is 0 Å². The van der Waals surface area contributed by atoms with Crippen LogP contribution in [0.15, 0.2) is 17.2 Å². The Kier molecular flexibility index (Phi) is 8.00. The number of amides is 1. The Morgan fingerprint density at radius 3 is 2.17 bits per heavy atom. The number of alkyl halides is 6. The number of aromatic nitrogens is 4. The van der Waals surface area contributed by atoms with Crippen LogP contribution in [-0.4, -0.2) is 57.2 Å². The van der Waals surface area contributed by atoms with Crippen LogP contribution in [0.2, 0.25) is 0 Å². The van der Waals surface area contributed by atoms with E-state index in [1.165, 1.54) is 0 Å². The van der Waals surface area contributed by atoms with Crippen LogP contribution in [0.3, 0.4) is 0 Å². The number of nitrogens with one attached hydrogen (secondary N) is 1. The molecule has 2 aliphatic rings. The van der Waals surface area contributed by atoms with E-state index in [2.05, 4.69) is 15.1 Å². The molecule has 0 unspecified atom stereocenters. The molecule has 1 amide bonds. The Morgan fingerprint density at radius 2 is 1.63 bits per heavy atom. The number of fused-ring (bicyclic) bond motifs is 1. The van der Waals surface area contributed by atoms with Crippen molar-refractivity contribution in [2.24, 2.45) is 0 Å². The molecule has 1 aliphatic carbocycles. The number of carbonyl (C=O) groups excluding carboxylic acids is 1. The fourth-order valence-corrected chi connectivity index (χ4v) is 3.89. The van der Waals surface area contributed by atoms with Gasteiger partial charge < -0.3 is 9.80 Å². The average Bonchev–Trinajstić information content (AvgIpc) is 3.27. The first-order valence-corrected chi connectivity index (χ1v) is 11.0. The highest BCUT2D eigenvalue weighted by atomic mass is 19.4. The summed E-state index contributed by atoms with van der Waals surface area (Å²) in [6.07, 6.45) is -4.67. The third-order valence-corrected chi connectivity index (χ3v) is 5.64. The van der Waals surface area contributed by atoms with Crippen LogP contribution < -0.4 is 10.5 Å². The standard InChI is InChI=1S/C13H17F3N4O.C8H7F3N2O/c1-2-3-11(21)19-4-6-20(7-5-19)12-17-8-10(9-18-12)13(14,15)16;9-8(10,11)6-4-2-1-3-5(4)12-13-7(6)14/h8-9H,2-7H2,1H3;1-3H2,(H,13,14). The van der Waals surface area contributed by atoms with Gasteiger partial charge in [0.1, 0.15) is 5.56 Å². The molecule has 0 spiro atoms. The molecule has 0 saturated carbocycles. The largest absolute Gasteiger partial charge is 0.422 e. The second kappa shape index (κ2) is 10.6. The third-order valence-electron chi connectivity index (χ3n) is 5.64. The Morgan fingerprint density at radius 1 is 1.00 bits per heavy atom. The summed E-state index contributed by atoms with van der Waals surface area (Å²) in [5.74, 6) is 0.385. The normalized spacial score (nSPS) is 16.0. The zero-order valence-corrected chi connectivity index (χ0v) is 18.8. The van der Waals surface area contributed by atoms with E-state index in [4.69, 9.17) is 0 Å². The van der Waals surface area contributed by atoms with Gasteiger partial charge in [0.2, 0.25) is 11.9 Å². The molecule has 8 nitrogen and oxygen atoms in total. The van der Waals surface area contributed by atoms with Crippen molar-refractivity contribution in [2.75, 3.05) is 31.1 Å². The molecule has 0 atom stereocenters. The van der Waals surface area contributed by atoms with Gasteiger partial charge in [0.15, 0.2) is 0 Å². The summed E-state index contributed by atoms with van der Waals surface area (Å²) in [7, 11) is 0. The molecule has 14 heteroatoms. The lowest BCUT2D eigenvalue weighted by Crippen LogP contribution is -2.49. The van der Waals surface area contributed by atoms with E-state index in [1.807, 2.05) is 12.0 Å². The van der Waals surface area contributed by atoms with Crippen LogP contribution in [0.1, 0.15) is 48.6 Å². The minimum absolute atomic E-state index is 0.0706. The number of hydrogen-bond acceptors (Lipinski definition) is 6.